The number of hydrogen-bond donors (Lipinski definition) is 2. The Bertz CT molecular complexity index is 398. The Morgan fingerprint density at radius 3 is 2.36 bits per heavy atom. The average molecular weight is 356 g/mol. The normalized spacial score (nSPS) is 15.4. The van der Waals surface area contributed by atoms with E-state index >= 15 is 0 Å². The van der Waals surface area contributed by atoms with Gasteiger partial charge in [-0.25, -0.2) is 4.57 Å². The number of ether oxygens (including phenoxy) is 1. The summed E-state index contributed by atoms with van der Waals surface area (Å²) in [5, 5.41) is 2.77. The van der Waals surface area contributed by atoms with E-state index in [4.69, 9.17) is 19.5 Å². The van der Waals surface area contributed by atoms with Gasteiger partial charge in [0, 0.05) is 5.75 Å². The summed E-state index contributed by atoms with van der Waals surface area (Å²) in [6.07, 6.45) is 0.691. The van der Waals surface area contributed by atoms with E-state index in [-0.39, 0.29) is 13.3 Å². The van der Waals surface area contributed by atoms with Crippen LogP contribution in [0.1, 0.15) is 41.0 Å². The van der Waals surface area contributed by atoms with Gasteiger partial charge in [0.15, 0.2) is 0 Å². The number of nitrogens with two attached hydrogens (primary N) is 1. The molecule has 1 atom stereocenters. The number of hydrogen-bond acceptors (Lipinski definition) is 8. The third-order valence-electron chi connectivity index (χ3n) is 2.67. The molecule has 0 spiro atoms. The van der Waals surface area contributed by atoms with Crippen LogP contribution in [0.2, 0.25) is 0 Å². The lowest BCUT2D eigenvalue weighted by atomic mass is 10.1. The third-order valence-corrected chi connectivity index (χ3v) is 6.53. The molecule has 1 unspecified atom stereocenters. The predicted molar refractivity (Wildman–Crippen MR) is 89.8 cm³/mol. The summed E-state index contributed by atoms with van der Waals surface area (Å²) >= 11 is 1.01. The first-order valence-electron chi connectivity index (χ1n) is 7.16. The fourth-order valence-corrected chi connectivity index (χ4v) is 4.69. The minimum absolute atomic E-state index is 0.0902. The second kappa shape index (κ2) is 9.25. The van der Waals surface area contributed by atoms with Crippen LogP contribution in [0.3, 0.4) is 0 Å². The summed E-state index contributed by atoms with van der Waals surface area (Å²) in [7, 11) is 1.69. The molecule has 0 radical (unpaired) electrons. The van der Waals surface area contributed by atoms with Crippen molar-refractivity contribution in [3.63, 3.8) is 0 Å². The van der Waals surface area contributed by atoms with Crippen LogP contribution >= 0.6 is 18.2 Å². The molecule has 0 saturated heterocycles. The molecule has 0 rings (SSSR count). The molecule has 0 amide bonds. The first-order chi connectivity index (χ1) is 9.96. The van der Waals surface area contributed by atoms with Gasteiger partial charge in [0.2, 0.25) is 0 Å². The van der Waals surface area contributed by atoms with Crippen LogP contribution < -0.4 is 11.1 Å². The predicted octanol–water partition coefficient (Wildman–Crippen LogP) is 2.51. The number of carbonyl (C=O) groups excluding carboxylic acids is 1. The zero-order chi connectivity index (χ0) is 17.4. The largest absolute Gasteiger partial charge is 0.463 e. The van der Waals surface area contributed by atoms with E-state index in [0.29, 0.717) is 12.2 Å². The van der Waals surface area contributed by atoms with Crippen molar-refractivity contribution in [2.75, 3.05) is 26.1 Å². The van der Waals surface area contributed by atoms with Gasteiger partial charge in [-0.2, -0.15) is 0 Å². The molecule has 0 aromatic carbocycles. The van der Waals surface area contributed by atoms with Crippen molar-refractivity contribution < 1.29 is 23.1 Å². The second-order valence-electron chi connectivity index (χ2n) is 5.97. The third kappa shape index (κ3) is 9.12. The molecule has 7 nitrogen and oxygen atoms in total. The number of esters is 1. The van der Waals surface area contributed by atoms with Crippen molar-refractivity contribution in [3.8, 4) is 0 Å². The van der Waals surface area contributed by atoms with E-state index in [2.05, 4.69) is 5.32 Å². The quantitative estimate of drug-likeness (QED) is 0.252. The average Bonchev–Trinajstić information content (AvgIpc) is 2.39. The van der Waals surface area contributed by atoms with Gasteiger partial charge in [0.05, 0.1) is 5.60 Å². The molecule has 9 heteroatoms. The zero-order valence-corrected chi connectivity index (χ0v) is 16.0. The van der Waals surface area contributed by atoms with Crippen LogP contribution in [0.15, 0.2) is 0 Å². The lowest BCUT2D eigenvalue weighted by Gasteiger charge is -2.28. The van der Waals surface area contributed by atoms with Crippen molar-refractivity contribution in [1.82, 2.24) is 5.32 Å². The Hall–Kier alpha value is -0.110. The molecule has 132 valence electrons. The maximum Gasteiger partial charge on any atom is 0.391 e. The van der Waals surface area contributed by atoms with Gasteiger partial charge in [-0.15, -0.1) is 0 Å². The molecule has 0 aliphatic rings. The van der Waals surface area contributed by atoms with Crippen molar-refractivity contribution in [2.45, 2.75) is 52.2 Å². The van der Waals surface area contributed by atoms with Gasteiger partial charge in [-0.3, -0.25) is 19.2 Å². The van der Waals surface area contributed by atoms with Gasteiger partial charge < -0.3 is 10.5 Å². The summed E-state index contributed by atoms with van der Waals surface area (Å²) in [5.74, 6) is -0.211. The molecule has 0 aliphatic heterocycles. The van der Waals surface area contributed by atoms with Crippen molar-refractivity contribution in [3.05, 3.63) is 0 Å². The monoisotopic (exact) mass is 356 g/mol. The molecule has 22 heavy (non-hydrogen) atoms. The Labute approximate surface area is 137 Å². The molecule has 0 aliphatic carbocycles. The fourth-order valence-electron chi connectivity index (χ4n) is 1.07. The summed E-state index contributed by atoms with van der Waals surface area (Å²) < 4.78 is 28.7. The van der Waals surface area contributed by atoms with Gasteiger partial charge in [0.1, 0.15) is 18.9 Å². The van der Waals surface area contributed by atoms with Gasteiger partial charge in [-0.1, -0.05) is 6.92 Å². The molecule has 0 aromatic heterocycles. The molecular formula is C13H29N2O5PS. The Balaban J connectivity index is 4.49. The summed E-state index contributed by atoms with van der Waals surface area (Å²) in [6.45, 7) is 5.63. The number of carbonyl (C=O) groups is 1. The van der Waals surface area contributed by atoms with Gasteiger partial charge in [-0.05, 0) is 52.5 Å². The molecule has 0 saturated carbocycles. The lowest BCUT2D eigenvalue weighted by molar-refractivity contribution is -0.148. The minimum Gasteiger partial charge on any atom is -0.463 e. The first-order valence-corrected chi connectivity index (χ1v) is 10.3. The summed E-state index contributed by atoms with van der Waals surface area (Å²) in [4.78, 5) is 11.5. The van der Waals surface area contributed by atoms with E-state index in [9.17, 15) is 9.36 Å². The van der Waals surface area contributed by atoms with Crippen molar-refractivity contribution >= 4 is 24.1 Å². The van der Waals surface area contributed by atoms with Crippen molar-refractivity contribution in [1.29, 1.82) is 0 Å². The zero-order valence-electron chi connectivity index (χ0n) is 14.3. The minimum atomic E-state index is -3.34. The second-order valence-corrected chi connectivity index (χ2v) is 10.1. The highest BCUT2D eigenvalue weighted by atomic mass is 32.7. The number of nitrogens with one attached hydrogen (secondary N) is 1. The van der Waals surface area contributed by atoms with Crippen LogP contribution in [0.4, 0.5) is 0 Å². The van der Waals surface area contributed by atoms with E-state index < -0.39 is 23.9 Å². The standard InChI is InChI=1S/C13H29N2O5PS/c1-7-12(2,3)20-21(17,19-10-15-6)22-9-8-18-11(16)13(4,5)14/h15H,7-10,14H2,1-6H3. The van der Waals surface area contributed by atoms with Crippen molar-refractivity contribution in [2.24, 2.45) is 5.73 Å². The smallest absolute Gasteiger partial charge is 0.391 e. The molecule has 3 N–H and O–H groups in total. The first kappa shape index (κ1) is 21.9. The van der Waals surface area contributed by atoms with E-state index in [1.807, 2.05) is 20.8 Å². The molecular weight excluding hydrogens is 327 g/mol. The maximum absolute atomic E-state index is 12.7. The summed E-state index contributed by atoms with van der Waals surface area (Å²) in [5.41, 5.74) is 4.01. The van der Waals surface area contributed by atoms with Crippen LogP contribution in [-0.2, 0) is 23.1 Å². The van der Waals surface area contributed by atoms with E-state index in [0.717, 1.165) is 11.4 Å². The maximum atomic E-state index is 12.7. The van der Waals surface area contributed by atoms with Crippen LogP contribution in [-0.4, -0.2) is 43.2 Å². The van der Waals surface area contributed by atoms with E-state index in [1.165, 1.54) is 0 Å². The molecule has 0 aromatic rings. The van der Waals surface area contributed by atoms with Gasteiger partial charge >= 0.3 is 12.8 Å². The molecule has 0 bridgehead atoms. The highest BCUT2D eigenvalue weighted by molar-refractivity contribution is 8.55. The van der Waals surface area contributed by atoms with Crippen LogP contribution in [0.5, 0.6) is 0 Å². The Kier molecular flexibility index (Phi) is 9.20. The molecule has 0 fully saturated rings. The number of rotatable bonds is 11. The van der Waals surface area contributed by atoms with E-state index in [1.54, 1.807) is 20.9 Å². The highest BCUT2D eigenvalue weighted by Gasteiger charge is 2.33. The SMILES string of the molecule is CCC(C)(C)OP(=O)(OCNC)SCCOC(=O)C(C)(C)N. The Morgan fingerprint density at radius 2 is 1.91 bits per heavy atom. The van der Waals surface area contributed by atoms with Crippen LogP contribution in [0, 0.1) is 0 Å². The lowest BCUT2D eigenvalue weighted by Crippen LogP contribution is -2.43. The van der Waals surface area contributed by atoms with Crippen LogP contribution in [0.25, 0.3) is 0 Å². The molecule has 0 heterocycles. The fraction of sp³-hybridized carbons (Fsp3) is 0.923. The summed E-state index contributed by atoms with van der Waals surface area (Å²) in [6, 6.07) is 0. The highest BCUT2D eigenvalue weighted by Crippen LogP contribution is 2.62. The Morgan fingerprint density at radius 1 is 1.32 bits per heavy atom. The van der Waals surface area contributed by atoms with Gasteiger partial charge in [0.25, 0.3) is 0 Å². The topological polar surface area (TPSA) is 99.9 Å².